The Hall–Kier alpha value is -7.16. The molecule has 11 rings (SSSR count). The van der Waals surface area contributed by atoms with Crippen LogP contribution in [0.4, 0.5) is 25.8 Å². The Morgan fingerprint density at radius 1 is 0.429 bits per heavy atom. The zero-order valence-electron chi connectivity index (χ0n) is 29.6. The zero-order chi connectivity index (χ0) is 37.3. The van der Waals surface area contributed by atoms with E-state index in [2.05, 4.69) is 119 Å². The molecule has 8 heteroatoms. The fourth-order valence-electron chi connectivity index (χ4n) is 8.26. The van der Waals surface area contributed by atoms with Crippen molar-refractivity contribution in [1.29, 1.82) is 0 Å². The van der Waals surface area contributed by atoms with Crippen LogP contribution in [0.15, 0.2) is 176 Å². The predicted octanol–water partition coefficient (Wildman–Crippen LogP) is 13.3. The monoisotopic (exact) mass is 745 g/mol. The first-order valence-electron chi connectivity index (χ1n) is 18.3. The molecule has 0 aliphatic carbocycles. The molecule has 0 N–H and O–H groups in total. The van der Waals surface area contributed by atoms with E-state index in [-0.39, 0.29) is 11.6 Å². The Balaban J connectivity index is 0.998. The molecule has 266 valence electrons. The lowest BCUT2D eigenvalue weighted by atomic mass is 10.0. The molecule has 0 unspecified atom stereocenters. The van der Waals surface area contributed by atoms with Crippen molar-refractivity contribution in [2.75, 3.05) is 4.90 Å². The molecular weight excluding hydrogens is 717 g/mol. The molecule has 0 radical (unpaired) electrons. The molecule has 56 heavy (non-hydrogen) atoms. The molecular formula is C48H29F2N5S. The van der Waals surface area contributed by atoms with Gasteiger partial charge in [-0.3, -0.25) is 0 Å². The summed E-state index contributed by atoms with van der Waals surface area (Å²) < 4.78 is 42.7. The van der Waals surface area contributed by atoms with Crippen molar-refractivity contribution in [3.63, 3.8) is 0 Å². The van der Waals surface area contributed by atoms with Crippen LogP contribution in [0.1, 0.15) is 0 Å². The van der Waals surface area contributed by atoms with Crippen LogP contribution in [0.25, 0.3) is 77.1 Å². The van der Waals surface area contributed by atoms with E-state index in [1.807, 2.05) is 34.9 Å². The summed E-state index contributed by atoms with van der Waals surface area (Å²) in [6.45, 7) is 0. The molecule has 3 heterocycles. The third kappa shape index (κ3) is 5.03. The highest BCUT2D eigenvalue weighted by Crippen LogP contribution is 2.42. The second kappa shape index (κ2) is 12.7. The van der Waals surface area contributed by atoms with Gasteiger partial charge in [0.05, 0.1) is 39.5 Å². The fourth-order valence-corrected chi connectivity index (χ4v) is 8.83. The number of aromatic nitrogens is 4. The minimum absolute atomic E-state index is 0.359. The average Bonchev–Trinajstić information content (AvgIpc) is 3.95. The molecule has 0 saturated carbocycles. The number of para-hydroxylation sites is 3. The lowest BCUT2D eigenvalue weighted by Crippen LogP contribution is -2.10. The first kappa shape index (κ1) is 32.3. The van der Waals surface area contributed by atoms with Crippen molar-refractivity contribution < 1.29 is 8.78 Å². The Kier molecular flexibility index (Phi) is 7.33. The standard InChI is InChI=1S/C48H29F2N5S/c49-31-16-25-44-40(28-31)41-29-32(50)17-26-45(41)55(44)35-18-14-30(15-19-35)37-24-27-46(48-47(37)51-56-52-48)53(33-8-2-1-3-9-33)34-20-22-36(23-21-34)54-42-12-6-4-10-38(42)39-11-5-7-13-43(39)54/h1-29H. The van der Waals surface area contributed by atoms with Crippen molar-refractivity contribution in [3.05, 3.63) is 188 Å². The summed E-state index contributed by atoms with van der Waals surface area (Å²) in [5.74, 6) is -0.717. The quantitative estimate of drug-likeness (QED) is 0.170. The first-order valence-corrected chi connectivity index (χ1v) is 19.0. The molecule has 0 aliphatic heterocycles. The van der Waals surface area contributed by atoms with Crippen LogP contribution >= 0.6 is 11.7 Å². The van der Waals surface area contributed by atoms with E-state index in [9.17, 15) is 8.78 Å². The predicted molar refractivity (Wildman–Crippen MR) is 226 cm³/mol. The van der Waals surface area contributed by atoms with Crippen molar-refractivity contribution >= 4 is 83.4 Å². The van der Waals surface area contributed by atoms with Crippen LogP contribution in [-0.2, 0) is 0 Å². The summed E-state index contributed by atoms with van der Waals surface area (Å²) in [7, 11) is 0. The Bertz CT molecular complexity index is 3160. The molecule has 8 aromatic carbocycles. The normalized spacial score (nSPS) is 11.8. The van der Waals surface area contributed by atoms with Crippen LogP contribution in [0, 0.1) is 11.6 Å². The Labute approximate surface area is 323 Å². The highest BCUT2D eigenvalue weighted by Gasteiger charge is 2.21. The van der Waals surface area contributed by atoms with Crippen LogP contribution < -0.4 is 4.90 Å². The van der Waals surface area contributed by atoms with Gasteiger partial charge in [-0.25, -0.2) is 8.78 Å². The van der Waals surface area contributed by atoms with E-state index in [1.54, 1.807) is 12.1 Å². The highest BCUT2D eigenvalue weighted by atomic mass is 32.1. The van der Waals surface area contributed by atoms with E-state index in [0.29, 0.717) is 10.8 Å². The van der Waals surface area contributed by atoms with Crippen molar-refractivity contribution in [2.45, 2.75) is 0 Å². The van der Waals surface area contributed by atoms with Gasteiger partial charge in [0.15, 0.2) is 0 Å². The lowest BCUT2D eigenvalue weighted by Gasteiger charge is -2.26. The van der Waals surface area contributed by atoms with E-state index >= 15 is 0 Å². The van der Waals surface area contributed by atoms with Crippen LogP contribution in [0.2, 0.25) is 0 Å². The molecule has 0 aliphatic rings. The van der Waals surface area contributed by atoms with Gasteiger partial charge >= 0.3 is 0 Å². The van der Waals surface area contributed by atoms with Crippen molar-refractivity contribution in [2.24, 2.45) is 0 Å². The number of hydrogen-bond acceptors (Lipinski definition) is 4. The number of nitrogens with zero attached hydrogens (tertiary/aromatic N) is 5. The van der Waals surface area contributed by atoms with Gasteiger partial charge in [0, 0.05) is 49.9 Å². The van der Waals surface area contributed by atoms with Gasteiger partial charge in [0.2, 0.25) is 0 Å². The maximum Gasteiger partial charge on any atom is 0.129 e. The Morgan fingerprint density at radius 2 is 0.929 bits per heavy atom. The molecule has 0 amide bonds. The molecule has 5 nitrogen and oxygen atoms in total. The number of fused-ring (bicyclic) bond motifs is 7. The van der Waals surface area contributed by atoms with Gasteiger partial charge in [-0.2, -0.15) is 8.75 Å². The van der Waals surface area contributed by atoms with Crippen LogP contribution in [-0.4, -0.2) is 17.9 Å². The number of rotatable bonds is 6. The third-order valence-corrected chi connectivity index (χ3v) is 11.2. The topological polar surface area (TPSA) is 38.9 Å². The Morgan fingerprint density at radius 3 is 1.54 bits per heavy atom. The van der Waals surface area contributed by atoms with Gasteiger partial charge in [-0.1, -0.05) is 66.7 Å². The highest BCUT2D eigenvalue weighted by molar-refractivity contribution is 7.00. The number of anilines is 3. The minimum Gasteiger partial charge on any atom is -0.309 e. The second-order valence-corrected chi connectivity index (χ2v) is 14.4. The lowest BCUT2D eigenvalue weighted by molar-refractivity contribution is 0.628. The van der Waals surface area contributed by atoms with Gasteiger partial charge < -0.3 is 14.0 Å². The summed E-state index contributed by atoms with van der Waals surface area (Å²) in [5.41, 5.74) is 12.4. The maximum atomic E-state index is 14.3. The van der Waals surface area contributed by atoms with E-state index in [1.165, 1.54) is 57.8 Å². The summed E-state index contributed by atoms with van der Waals surface area (Å²) in [4.78, 5) is 2.24. The minimum atomic E-state index is -0.359. The van der Waals surface area contributed by atoms with Crippen molar-refractivity contribution in [3.8, 4) is 22.5 Å². The van der Waals surface area contributed by atoms with E-state index in [0.717, 1.165) is 61.6 Å². The first-order chi connectivity index (χ1) is 27.6. The smallest absolute Gasteiger partial charge is 0.129 e. The summed E-state index contributed by atoms with van der Waals surface area (Å²) in [6.07, 6.45) is 0. The molecule has 3 aromatic heterocycles. The summed E-state index contributed by atoms with van der Waals surface area (Å²) in [6, 6.07) is 57.9. The second-order valence-electron chi connectivity index (χ2n) is 13.9. The summed E-state index contributed by atoms with van der Waals surface area (Å²) in [5, 5.41) is 3.79. The van der Waals surface area contributed by atoms with Gasteiger partial charge in [-0.05, 0) is 115 Å². The number of halogens is 2. The van der Waals surface area contributed by atoms with Crippen LogP contribution in [0.3, 0.4) is 0 Å². The third-order valence-electron chi connectivity index (χ3n) is 10.7. The van der Waals surface area contributed by atoms with Crippen LogP contribution in [0.5, 0.6) is 0 Å². The number of hydrogen-bond donors (Lipinski definition) is 0. The SMILES string of the molecule is Fc1ccc2c(c1)c1cc(F)ccc1n2-c1ccc(-c2ccc(N(c3ccccc3)c3ccc(-n4c5ccccc5c5ccccc54)cc3)c3nsnc23)cc1. The van der Waals surface area contributed by atoms with E-state index in [4.69, 9.17) is 8.75 Å². The molecule has 0 bridgehead atoms. The van der Waals surface area contributed by atoms with Gasteiger partial charge in [0.1, 0.15) is 22.7 Å². The zero-order valence-corrected chi connectivity index (χ0v) is 30.5. The average molecular weight is 746 g/mol. The van der Waals surface area contributed by atoms with Crippen molar-refractivity contribution in [1.82, 2.24) is 17.9 Å². The maximum absolute atomic E-state index is 14.3. The van der Waals surface area contributed by atoms with Gasteiger partial charge in [-0.15, -0.1) is 0 Å². The van der Waals surface area contributed by atoms with E-state index < -0.39 is 0 Å². The fraction of sp³-hybridized carbons (Fsp3) is 0. The summed E-state index contributed by atoms with van der Waals surface area (Å²) >= 11 is 1.20. The molecule has 0 fully saturated rings. The largest absolute Gasteiger partial charge is 0.309 e. The number of benzene rings is 8. The molecule has 0 saturated heterocycles. The molecule has 0 spiro atoms. The molecule has 0 atom stereocenters. The van der Waals surface area contributed by atoms with Gasteiger partial charge in [0.25, 0.3) is 0 Å². The molecule has 11 aromatic rings.